The largest absolute Gasteiger partial charge is 0.346 e. The zero-order valence-corrected chi connectivity index (χ0v) is 30.8. The molecule has 4 rings (SSSR count). The number of halogens is 2. The lowest BCUT2D eigenvalue weighted by Gasteiger charge is -2.35. The normalized spacial score (nSPS) is 17.4. The highest BCUT2D eigenvalue weighted by Crippen LogP contribution is 2.32. The standard InChI is InChI=1S/C28H40F2N4O5S.C10H9N/c1-17-10-9-13-20(17)14-34(26(39)23(31-16-35)28(3,4)5)15-21(36)33-25(40-27(29)30)22(37)24(38)32-18(2)19-11-7-6-8-12-19;1-8-6-7-11-10-5-3-2-4-9(8)10/h6-8,11-12,16-18,20,23,25,27H,9-10,13-15H2,1-5H3,(H,31,35)(H,32,38)(H,33,36);2-7H,1H3/t17-,18-,20-,23?,25?;/m0./s1. The Hall–Kier alpha value is -4.39. The molecule has 0 bridgehead atoms. The molecule has 0 spiro atoms. The van der Waals surface area contributed by atoms with Gasteiger partial charge in [0.25, 0.3) is 17.4 Å². The molecular formula is C38H49F2N5O5S. The molecule has 276 valence electrons. The van der Waals surface area contributed by atoms with Crippen LogP contribution in [0.5, 0.6) is 0 Å². The molecule has 2 aromatic carbocycles. The minimum atomic E-state index is -3.05. The highest BCUT2D eigenvalue weighted by Gasteiger charge is 2.38. The molecule has 0 radical (unpaired) electrons. The van der Waals surface area contributed by atoms with Crippen LogP contribution >= 0.6 is 11.8 Å². The molecule has 4 amide bonds. The van der Waals surface area contributed by atoms with Gasteiger partial charge in [-0.3, -0.25) is 29.0 Å². The van der Waals surface area contributed by atoms with Crippen LogP contribution in [-0.2, 0) is 24.0 Å². The Morgan fingerprint density at radius 3 is 2.25 bits per heavy atom. The molecule has 1 aromatic heterocycles. The first-order valence-electron chi connectivity index (χ1n) is 17.0. The van der Waals surface area contributed by atoms with Gasteiger partial charge in [0.1, 0.15) is 11.4 Å². The second kappa shape index (κ2) is 19.3. The summed E-state index contributed by atoms with van der Waals surface area (Å²) in [5.74, 6) is -6.34. The maximum absolute atomic E-state index is 13.5. The molecule has 1 heterocycles. The van der Waals surface area contributed by atoms with E-state index in [1.165, 1.54) is 15.8 Å². The number of nitrogens with zero attached hydrogens (tertiary/aromatic N) is 2. The lowest BCUT2D eigenvalue weighted by atomic mass is 9.85. The van der Waals surface area contributed by atoms with E-state index in [4.69, 9.17) is 0 Å². The number of thioether (sulfide) groups is 1. The molecule has 1 saturated carbocycles. The van der Waals surface area contributed by atoms with Crippen LogP contribution in [0.25, 0.3) is 10.9 Å². The van der Waals surface area contributed by atoms with Crippen LogP contribution in [0.4, 0.5) is 8.78 Å². The third-order valence-electron chi connectivity index (χ3n) is 9.00. The van der Waals surface area contributed by atoms with Gasteiger partial charge in [-0.25, -0.2) is 0 Å². The van der Waals surface area contributed by atoms with Gasteiger partial charge in [0.2, 0.25) is 18.2 Å². The zero-order valence-electron chi connectivity index (χ0n) is 30.0. The van der Waals surface area contributed by atoms with E-state index >= 15 is 0 Å². The van der Waals surface area contributed by atoms with Crippen molar-refractivity contribution >= 4 is 52.6 Å². The number of para-hydroxylation sites is 1. The molecule has 1 aliphatic rings. The first kappa shape index (κ1) is 41.0. The maximum Gasteiger partial charge on any atom is 0.291 e. The summed E-state index contributed by atoms with van der Waals surface area (Å²) in [6.45, 7) is 10.8. The van der Waals surface area contributed by atoms with Crippen LogP contribution in [0, 0.1) is 24.2 Å². The van der Waals surface area contributed by atoms with Crippen molar-refractivity contribution in [2.75, 3.05) is 13.1 Å². The molecule has 51 heavy (non-hydrogen) atoms. The summed E-state index contributed by atoms with van der Waals surface area (Å²) in [6.07, 6.45) is 5.08. The topological polar surface area (TPSA) is 138 Å². The second-order valence-electron chi connectivity index (χ2n) is 13.9. The molecule has 0 aliphatic heterocycles. The summed E-state index contributed by atoms with van der Waals surface area (Å²) < 4.78 is 26.7. The summed E-state index contributed by atoms with van der Waals surface area (Å²) in [4.78, 5) is 68.9. The molecule has 3 N–H and O–H groups in total. The van der Waals surface area contributed by atoms with E-state index in [0.29, 0.717) is 17.9 Å². The van der Waals surface area contributed by atoms with Gasteiger partial charge in [-0.05, 0) is 60.8 Å². The quantitative estimate of drug-likeness (QED) is 0.109. The van der Waals surface area contributed by atoms with Crippen molar-refractivity contribution in [3.8, 4) is 0 Å². The van der Waals surface area contributed by atoms with Crippen LogP contribution in [0.3, 0.4) is 0 Å². The first-order valence-corrected chi connectivity index (χ1v) is 18.0. The third kappa shape index (κ3) is 12.4. The number of amides is 4. The van der Waals surface area contributed by atoms with Crippen LogP contribution < -0.4 is 16.0 Å². The number of aromatic nitrogens is 1. The summed E-state index contributed by atoms with van der Waals surface area (Å²) in [5.41, 5.74) is 2.40. The Kier molecular flexibility index (Phi) is 15.5. The predicted octanol–water partition coefficient (Wildman–Crippen LogP) is 5.80. The van der Waals surface area contributed by atoms with Crippen molar-refractivity contribution in [2.24, 2.45) is 17.3 Å². The molecule has 5 atom stereocenters. The monoisotopic (exact) mass is 725 g/mol. The molecule has 10 nitrogen and oxygen atoms in total. The van der Waals surface area contributed by atoms with Crippen LogP contribution in [0.2, 0.25) is 0 Å². The number of rotatable bonds is 14. The Morgan fingerprint density at radius 2 is 1.67 bits per heavy atom. The van der Waals surface area contributed by atoms with Gasteiger partial charge in [-0.1, -0.05) is 101 Å². The number of carbonyl (C=O) groups is 5. The number of Topliss-reactive ketones (excluding diaryl/α,β-unsaturated/α-hetero) is 1. The number of fused-ring (bicyclic) bond motifs is 1. The van der Waals surface area contributed by atoms with Crippen molar-refractivity contribution in [1.29, 1.82) is 0 Å². The van der Waals surface area contributed by atoms with Gasteiger partial charge in [0.05, 0.1) is 18.1 Å². The zero-order chi connectivity index (χ0) is 37.7. The second-order valence-corrected chi connectivity index (χ2v) is 15.0. The summed E-state index contributed by atoms with van der Waals surface area (Å²) >= 11 is -0.163. The van der Waals surface area contributed by atoms with Crippen molar-refractivity contribution in [2.45, 2.75) is 84.0 Å². The van der Waals surface area contributed by atoms with Gasteiger partial charge < -0.3 is 20.9 Å². The van der Waals surface area contributed by atoms with E-state index < -0.39 is 58.7 Å². The van der Waals surface area contributed by atoms with Crippen LogP contribution in [-0.4, -0.2) is 70.1 Å². The first-order chi connectivity index (χ1) is 24.1. The SMILES string of the molecule is C[C@H](NC(=O)C(=O)C(NC(=O)CN(C[C@@H]1CCC[C@@H]1C)C(=O)C(NC=O)C(C)(C)C)SC(F)F)c1ccccc1.Cc1ccnc2ccccc12. The molecule has 3 aromatic rings. The number of alkyl halides is 2. The van der Waals surface area contributed by atoms with E-state index in [-0.39, 0.29) is 24.2 Å². The molecule has 0 saturated heterocycles. The number of aryl methyl sites for hydroxylation is 1. The van der Waals surface area contributed by atoms with Gasteiger partial charge in [0.15, 0.2) is 0 Å². The summed E-state index contributed by atoms with van der Waals surface area (Å²) in [7, 11) is 0. The highest BCUT2D eigenvalue weighted by atomic mass is 32.2. The maximum atomic E-state index is 13.5. The number of hydrogen-bond donors (Lipinski definition) is 3. The van der Waals surface area contributed by atoms with E-state index in [1.807, 2.05) is 30.5 Å². The van der Waals surface area contributed by atoms with Crippen molar-refractivity contribution in [3.05, 3.63) is 78.0 Å². The minimum absolute atomic E-state index is 0.117. The van der Waals surface area contributed by atoms with Crippen molar-refractivity contribution in [1.82, 2.24) is 25.8 Å². The highest BCUT2D eigenvalue weighted by molar-refractivity contribution is 8.01. The lowest BCUT2D eigenvalue weighted by molar-refractivity contribution is -0.142. The Labute approximate surface area is 302 Å². The molecule has 2 unspecified atom stereocenters. The third-order valence-corrected chi connectivity index (χ3v) is 9.80. The number of carbonyl (C=O) groups excluding carboxylic acids is 5. The number of benzene rings is 2. The smallest absolute Gasteiger partial charge is 0.291 e. The number of ketones is 1. The predicted molar refractivity (Wildman–Crippen MR) is 196 cm³/mol. The lowest BCUT2D eigenvalue weighted by Crippen LogP contribution is -2.56. The number of hydrogen-bond acceptors (Lipinski definition) is 7. The average molecular weight is 726 g/mol. The Bertz CT molecular complexity index is 1630. The fourth-order valence-corrected chi connectivity index (χ4v) is 6.67. The fraction of sp³-hybridized carbons (Fsp3) is 0.474. The van der Waals surface area contributed by atoms with E-state index in [0.717, 1.165) is 24.8 Å². The number of pyridine rings is 1. The summed E-state index contributed by atoms with van der Waals surface area (Å²) in [5, 5.41) is 6.62. The van der Waals surface area contributed by atoms with Crippen LogP contribution in [0.15, 0.2) is 66.9 Å². The fourth-order valence-electron chi connectivity index (χ4n) is 6.03. The van der Waals surface area contributed by atoms with Gasteiger partial charge in [-0.2, -0.15) is 8.78 Å². The van der Waals surface area contributed by atoms with E-state index in [9.17, 15) is 32.8 Å². The molecular weight excluding hydrogens is 677 g/mol. The molecule has 1 fully saturated rings. The molecule has 1 aliphatic carbocycles. The Balaban J connectivity index is 0.000000534. The summed E-state index contributed by atoms with van der Waals surface area (Å²) in [6, 6.07) is 17.5. The molecule has 13 heteroatoms. The van der Waals surface area contributed by atoms with Crippen molar-refractivity contribution in [3.63, 3.8) is 0 Å². The van der Waals surface area contributed by atoms with Crippen molar-refractivity contribution < 1.29 is 32.8 Å². The number of nitrogens with one attached hydrogen (secondary N) is 3. The van der Waals surface area contributed by atoms with Gasteiger partial charge in [0, 0.05) is 18.1 Å². The average Bonchev–Trinajstić information content (AvgIpc) is 3.49. The van der Waals surface area contributed by atoms with E-state index in [1.54, 1.807) is 58.0 Å². The Morgan fingerprint density at radius 1 is 1.00 bits per heavy atom. The van der Waals surface area contributed by atoms with Gasteiger partial charge >= 0.3 is 0 Å². The van der Waals surface area contributed by atoms with E-state index in [2.05, 4.69) is 40.8 Å². The minimum Gasteiger partial charge on any atom is -0.346 e. The van der Waals surface area contributed by atoms with Gasteiger partial charge in [-0.15, -0.1) is 0 Å². The van der Waals surface area contributed by atoms with Crippen LogP contribution in [0.1, 0.15) is 71.0 Å².